The number of aromatic nitrogens is 1. The molecule has 0 fully saturated rings. The summed E-state index contributed by atoms with van der Waals surface area (Å²) in [5.74, 6) is 1.19. The summed E-state index contributed by atoms with van der Waals surface area (Å²) >= 11 is 0. The molecule has 0 saturated heterocycles. The molecule has 0 radical (unpaired) electrons. The molecule has 31 heavy (non-hydrogen) atoms. The van der Waals surface area contributed by atoms with E-state index in [1.54, 1.807) is 6.08 Å². The lowest BCUT2D eigenvalue weighted by Crippen LogP contribution is -2.39. The van der Waals surface area contributed by atoms with E-state index in [1.807, 2.05) is 60.4 Å². The van der Waals surface area contributed by atoms with Gasteiger partial charge >= 0.3 is 5.97 Å². The second-order valence-electron chi connectivity index (χ2n) is 7.62. The molecule has 1 aliphatic rings. The first-order valence-electron chi connectivity index (χ1n) is 10.4. The molecule has 1 aromatic heterocycles. The lowest BCUT2D eigenvalue weighted by Gasteiger charge is -2.34. The normalized spacial score (nSPS) is 16.0. The molecule has 6 heteroatoms. The Labute approximate surface area is 181 Å². The van der Waals surface area contributed by atoms with Crippen molar-refractivity contribution in [2.45, 2.75) is 25.8 Å². The second kappa shape index (κ2) is 9.18. The standard InChI is InChI=1S/C25H26N2O4/c1-3-13-27-14-11-18-9-10-20(16-21(18)23(27)25(28)29)30-15-12-22-17(2)31-24(26-22)19-7-5-4-6-8-19/h3-10,16,23H,1,11-15H2,2H3,(H,28,29). The van der Waals surface area contributed by atoms with Crippen LogP contribution < -0.4 is 4.74 Å². The maximum atomic E-state index is 11.9. The van der Waals surface area contributed by atoms with E-state index in [0.29, 0.717) is 37.8 Å². The highest BCUT2D eigenvalue weighted by Gasteiger charge is 2.32. The van der Waals surface area contributed by atoms with Crippen LogP contribution in [0.25, 0.3) is 11.5 Å². The number of nitrogens with zero attached hydrogens (tertiary/aromatic N) is 2. The number of rotatable bonds is 8. The van der Waals surface area contributed by atoms with Gasteiger partial charge in [0.2, 0.25) is 5.89 Å². The van der Waals surface area contributed by atoms with Crippen molar-refractivity contribution in [1.82, 2.24) is 9.88 Å². The summed E-state index contributed by atoms with van der Waals surface area (Å²) in [4.78, 5) is 18.5. The van der Waals surface area contributed by atoms with Crippen molar-refractivity contribution in [1.29, 1.82) is 0 Å². The quantitative estimate of drug-likeness (QED) is 0.545. The minimum absolute atomic E-state index is 0.425. The Morgan fingerprint density at radius 1 is 1.32 bits per heavy atom. The number of ether oxygens (including phenoxy) is 1. The maximum absolute atomic E-state index is 11.9. The number of carbonyl (C=O) groups is 1. The van der Waals surface area contributed by atoms with Crippen molar-refractivity contribution < 1.29 is 19.1 Å². The molecule has 0 bridgehead atoms. The van der Waals surface area contributed by atoms with Crippen molar-refractivity contribution in [2.75, 3.05) is 19.7 Å². The minimum Gasteiger partial charge on any atom is -0.493 e. The van der Waals surface area contributed by atoms with Gasteiger partial charge in [-0.15, -0.1) is 6.58 Å². The van der Waals surface area contributed by atoms with Gasteiger partial charge in [0.05, 0.1) is 12.3 Å². The highest BCUT2D eigenvalue weighted by Crippen LogP contribution is 2.33. The Morgan fingerprint density at radius 3 is 2.87 bits per heavy atom. The van der Waals surface area contributed by atoms with E-state index in [2.05, 4.69) is 11.6 Å². The van der Waals surface area contributed by atoms with E-state index in [-0.39, 0.29) is 0 Å². The third kappa shape index (κ3) is 4.54. The van der Waals surface area contributed by atoms with Crippen LogP contribution in [-0.2, 0) is 17.6 Å². The van der Waals surface area contributed by atoms with Crippen LogP contribution in [0, 0.1) is 6.92 Å². The molecule has 1 atom stereocenters. The Balaban J connectivity index is 1.45. The topological polar surface area (TPSA) is 75.8 Å². The van der Waals surface area contributed by atoms with E-state index in [0.717, 1.165) is 34.6 Å². The average molecular weight is 418 g/mol. The zero-order chi connectivity index (χ0) is 21.8. The molecule has 0 aliphatic carbocycles. The Morgan fingerprint density at radius 2 is 2.13 bits per heavy atom. The highest BCUT2D eigenvalue weighted by atomic mass is 16.5. The lowest BCUT2D eigenvalue weighted by molar-refractivity contribution is -0.143. The molecule has 160 valence electrons. The van der Waals surface area contributed by atoms with Crippen molar-refractivity contribution in [2.24, 2.45) is 0 Å². The van der Waals surface area contributed by atoms with Crippen LogP contribution in [0.5, 0.6) is 5.75 Å². The summed E-state index contributed by atoms with van der Waals surface area (Å²) in [6, 6.07) is 14.8. The number of hydrogen-bond acceptors (Lipinski definition) is 5. The first-order valence-corrected chi connectivity index (χ1v) is 10.4. The number of benzene rings is 2. The largest absolute Gasteiger partial charge is 0.493 e. The third-order valence-electron chi connectivity index (χ3n) is 5.56. The molecule has 6 nitrogen and oxygen atoms in total. The smallest absolute Gasteiger partial charge is 0.325 e. The summed E-state index contributed by atoms with van der Waals surface area (Å²) < 4.78 is 11.8. The Kier molecular flexibility index (Phi) is 6.18. The van der Waals surface area contributed by atoms with Gasteiger partial charge in [-0.25, -0.2) is 4.98 Å². The number of carboxylic acids is 1. The van der Waals surface area contributed by atoms with E-state index in [4.69, 9.17) is 9.15 Å². The molecule has 1 unspecified atom stereocenters. The molecular formula is C25H26N2O4. The van der Waals surface area contributed by atoms with Gasteiger partial charge in [-0.1, -0.05) is 30.3 Å². The zero-order valence-electron chi connectivity index (χ0n) is 17.6. The van der Waals surface area contributed by atoms with Gasteiger partial charge in [-0.05, 0) is 48.7 Å². The van der Waals surface area contributed by atoms with E-state index in [9.17, 15) is 9.90 Å². The predicted molar refractivity (Wildman–Crippen MR) is 118 cm³/mol. The number of carboxylic acid groups (broad SMARTS) is 1. The molecule has 2 heterocycles. The van der Waals surface area contributed by atoms with Gasteiger partial charge in [0.15, 0.2) is 0 Å². The van der Waals surface area contributed by atoms with Crippen molar-refractivity contribution >= 4 is 5.97 Å². The molecule has 0 saturated carbocycles. The molecule has 1 N–H and O–H groups in total. The van der Waals surface area contributed by atoms with Gasteiger partial charge in [0, 0.05) is 25.1 Å². The molecule has 0 amide bonds. The number of aryl methyl sites for hydroxylation is 1. The fraction of sp³-hybridized carbons (Fsp3) is 0.280. The SMILES string of the molecule is C=CCN1CCc2ccc(OCCc3nc(-c4ccccc4)oc3C)cc2C1C(=O)O. The molecular weight excluding hydrogens is 392 g/mol. The molecule has 4 rings (SSSR count). The Hall–Kier alpha value is -3.38. The van der Waals surface area contributed by atoms with E-state index >= 15 is 0 Å². The van der Waals surface area contributed by atoms with Crippen LogP contribution in [0.3, 0.4) is 0 Å². The Bertz CT molecular complexity index is 1070. The summed E-state index contributed by atoms with van der Waals surface area (Å²) in [5, 5.41) is 9.79. The fourth-order valence-corrected chi connectivity index (χ4v) is 4.02. The minimum atomic E-state index is -0.855. The van der Waals surface area contributed by atoms with Gasteiger partial charge in [0.1, 0.15) is 17.6 Å². The molecule has 1 aliphatic heterocycles. The number of oxazole rings is 1. The first kappa shape index (κ1) is 20.9. The third-order valence-corrected chi connectivity index (χ3v) is 5.56. The summed E-state index contributed by atoms with van der Waals surface area (Å²) in [5.41, 5.74) is 3.65. The summed E-state index contributed by atoms with van der Waals surface area (Å²) in [7, 11) is 0. The van der Waals surface area contributed by atoms with Crippen LogP contribution in [0.15, 0.2) is 65.6 Å². The number of hydrogen-bond donors (Lipinski definition) is 1. The molecule has 0 spiro atoms. The monoisotopic (exact) mass is 418 g/mol. The molecule has 3 aromatic rings. The highest BCUT2D eigenvalue weighted by molar-refractivity contribution is 5.77. The van der Waals surface area contributed by atoms with Gasteiger partial charge in [-0.3, -0.25) is 9.69 Å². The fourth-order valence-electron chi connectivity index (χ4n) is 4.02. The van der Waals surface area contributed by atoms with E-state index in [1.165, 1.54) is 0 Å². The van der Waals surface area contributed by atoms with Crippen molar-refractivity contribution in [3.05, 3.63) is 83.8 Å². The summed E-state index contributed by atoms with van der Waals surface area (Å²) in [6.07, 6.45) is 3.16. The van der Waals surface area contributed by atoms with Crippen LogP contribution in [0.4, 0.5) is 0 Å². The van der Waals surface area contributed by atoms with Gasteiger partial charge in [-0.2, -0.15) is 0 Å². The van der Waals surface area contributed by atoms with Crippen molar-refractivity contribution in [3.63, 3.8) is 0 Å². The van der Waals surface area contributed by atoms with Crippen molar-refractivity contribution in [3.8, 4) is 17.2 Å². The second-order valence-corrected chi connectivity index (χ2v) is 7.62. The van der Waals surface area contributed by atoms with Crippen LogP contribution in [0.1, 0.15) is 28.6 Å². The number of fused-ring (bicyclic) bond motifs is 1. The zero-order valence-corrected chi connectivity index (χ0v) is 17.6. The summed E-state index contributed by atoms with van der Waals surface area (Å²) in [6.45, 7) is 7.31. The van der Waals surface area contributed by atoms with Crippen LogP contribution >= 0.6 is 0 Å². The first-order chi connectivity index (χ1) is 15.1. The van der Waals surface area contributed by atoms with Crippen LogP contribution in [-0.4, -0.2) is 40.7 Å². The molecule has 2 aromatic carbocycles. The van der Waals surface area contributed by atoms with Crippen LogP contribution in [0.2, 0.25) is 0 Å². The lowest BCUT2D eigenvalue weighted by atomic mass is 9.92. The van der Waals surface area contributed by atoms with Gasteiger partial charge in [0.25, 0.3) is 0 Å². The average Bonchev–Trinajstić information content (AvgIpc) is 3.14. The van der Waals surface area contributed by atoms with E-state index < -0.39 is 12.0 Å². The van der Waals surface area contributed by atoms with Gasteiger partial charge < -0.3 is 14.3 Å². The predicted octanol–water partition coefficient (Wildman–Crippen LogP) is 4.44. The maximum Gasteiger partial charge on any atom is 0.325 e. The number of aliphatic carboxylic acids is 1.